The molecule has 0 rings (SSSR count). The molecule has 8 nitrogen and oxygen atoms in total. The Morgan fingerprint density at radius 2 is 0.968 bits per heavy atom. The van der Waals surface area contributed by atoms with E-state index in [0.717, 1.165) is 70.6 Å². The lowest BCUT2D eigenvalue weighted by Crippen LogP contribution is -2.46. The molecule has 0 radical (unpaired) electrons. The zero-order valence-electron chi connectivity index (χ0n) is 41.8. The van der Waals surface area contributed by atoms with Gasteiger partial charge in [0.25, 0.3) is 7.82 Å². The number of likely N-dealkylation sites (N-methyl/N-ethyl adjacent to an activating group) is 1. The number of phosphoric acid groups is 1. The van der Waals surface area contributed by atoms with Gasteiger partial charge in [0.15, 0.2) is 0 Å². The maximum absolute atomic E-state index is 12.9. The van der Waals surface area contributed by atoms with Crippen molar-refractivity contribution in [2.45, 2.75) is 238 Å². The second kappa shape index (κ2) is 45.4. The fourth-order valence-electron chi connectivity index (χ4n) is 7.42. The predicted molar refractivity (Wildman–Crippen MR) is 270 cm³/mol. The maximum atomic E-state index is 12.9. The topological polar surface area (TPSA) is 108 Å². The molecule has 3 unspecified atom stereocenters. The highest BCUT2D eigenvalue weighted by atomic mass is 31.2. The van der Waals surface area contributed by atoms with E-state index < -0.39 is 20.0 Å². The van der Waals surface area contributed by atoms with Crippen molar-refractivity contribution < 1.29 is 32.9 Å². The number of rotatable bonds is 47. The standard InChI is InChI=1S/C54H101N2O6P/c1-6-8-10-12-14-16-18-19-20-21-22-23-24-25-26-27-28-29-30-31-32-33-34-35-36-37-38-40-42-44-46-48-54(58)55-52(51-62-63(59,60)61-50-49-56(3,4)5)53(57)47-45-43-41-39-17-15-13-11-9-7-2/h8,10,14,16,19-20,22-23,25-26,52-53,57H,6-7,9,11-13,15,17-18,21,24,27-51H2,1-5H3,(H-,55,58,59,60)/b10-8-,16-14-,20-19-,23-22-,26-25-. The third-order valence-electron chi connectivity index (χ3n) is 11.5. The minimum Gasteiger partial charge on any atom is -0.756 e. The third-order valence-corrected chi connectivity index (χ3v) is 12.5. The van der Waals surface area contributed by atoms with Gasteiger partial charge >= 0.3 is 0 Å². The Bertz CT molecular complexity index is 1210. The van der Waals surface area contributed by atoms with Crippen LogP contribution in [0.25, 0.3) is 0 Å². The van der Waals surface area contributed by atoms with Crippen LogP contribution < -0.4 is 10.2 Å². The normalized spacial score (nSPS) is 14.6. The van der Waals surface area contributed by atoms with E-state index in [0.29, 0.717) is 23.9 Å². The molecule has 0 aliphatic rings. The van der Waals surface area contributed by atoms with Gasteiger partial charge in [-0.1, -0.05) is 222 Å². The van der Waals surface area contributed by atoms with E-state index in [9.17, 15) is 19.4 Å². The van der Waals surface area contributed by atoms with Gasteiger partial charge in [0.2, 0.25) is 5.91 Å². The van der Waals surface area contributed by atoms with Crippen molar-refractivity contribution in [3.63, 3.8) is 0 Å². The molecule has 2 N–H and O–H groups in total. The van der Waals surface area contributed by atoms with Gasteiger partial charge in [-0.05, 0) is 57.8 Å². The van der Waals surface area contributed by atoms with E-state index in [-0.39, 0.29) is 19.1 Å². The Morgan fingerprint density at radius 3 is 1.41 bits per heavy atom. The first-order valence-corrected chi connectivity index (χ1v) is 27.6. The van der Waals surface area contributed by atoms with Crippen molar-refractivity contribution >= 4 is 13.7 Å². The van der Waals surface area contributed by atoms with Crippen LogP contribution in [0.5, 0.6) is 0 Å². The Hall–Kier alpha value is -1.80. The van der Waals surface area contributed by atoms with Crippen LogP contribution in [0.2, 0.25) is 0 Å². The van der Waals surface area contributed by atoms with Crippen LogP contribution >= 0.6 is 7.82 Å². The highest BCUT2D eigenvalue weighted by molar-refractivity contribution is 7.45. The zero-order valence-corrected chi connectivity index (χ0v) is 42.7. The molecule has 0 aromatic rings. The highest BCUT2D eigenvalue weighted by Crippen LogP contribution is 2.38. The molecule has 0 aromatic carbocycles. The van der Waals surface area contributed by atoms with Crippen molar-refractivity contribution in [1.29, 1.82) is 0 Å². The second-order valence-corrected chi connectivity index (χ2v) is 20.3. The fourth-order valence-corrected chi connectivity index (χ4v) is 8.14. The van der Waals surface area contributed by atoms with Crippen molar-refractivity contribution in [1.82, 2.24) is 5.32 Å². The molecule has 0 heterocycles. The number of carbonyl (C=O) groups excluding carboxylic acids is 1. The lowest BCUT2D eigenvalue weighted by Gasteiger charge is -2.30. The Morgan fingerprint density at radius 1 is 0.571 bits per heavy atom. The number of hydrogen-bond donors (Lipinski definition) is 2. The first-order valence-electron chi connectivity index (χ1n) is 26.1. The molecule has 63 heavy (non-hydrogen) atoms. The molecular formula is C54H101N2O6P. The molecule has 0 fully saturated rings. The summed E-state index contributed by atoms with van der Waals surface area (Å²) in [7, 11) is 1.30. The Balaban J connectivity index is 4.02. The van der Waals surface area contributed by atoms with Crippen LogP contribution in [0.1, 0.15) is 226 Å². The van der Waals surface area contributed by atoms with Crippen molar-refractivity contribution in [2.75, 3.05) is 40.9 Å². The lowest BCUT2D eigenvalue weighted by atomic mass is 10.0. The number of allylic oxidation sites excluding steroid dienone is 10. The molecule has 368 valence electrons. The number of aliphatic hydroxyl groups excluding tert-OH is 1. The number of amides is 1. The number of nitrogens with one attached hydrogen (secondary N) is 1. The molecule has 0 aromatic heterocycles. The molecule has 0 saturated carbocycles. The SMILES string of the molecule is CC/C=C\C/C=C\C/C=C\C/C=C\C/C=C\CCCCCCCCCCCCCCCCCC(=O)NC(COP(=O)([O-])OCC[N+](C)(C)C)C(O)CCCCCCCCCCCC. The van der Waals surface area contributed by atoms with Crippen molar-refractivity contribution in [2.24, 2.45) is 0 Å². The molecule has 3 atom stereocenters. The molecule has 0 aliphatic heterocycles. The summed E-state index contributed by atoms with van der Waals surface area (Å²) in [6, 6.07) is -0.800. The first kappa shape index (κ1) is 61.2. The summed E-state index contributed by atoms with van der Waals surface area (Å²) in [5.41, 5.74) is 0. The molecular weight excluding hydrogens is 804 g/mol. The van der Waals surface area contributed by atoms with Crippen LogP contribution in [0.15, 0.2) is 60.8 Å². The number of carbonyl (C=O) groups is 1. The minimum atomic E-state index is -4.56. The van der Waals surface area contributed by atoms with E-state index in [4.69, 9.17) is 9.05 Å². The van der Waals surface area contributed by atoms with Gasteiger partial charge in [-0.25, -0.2) is 0 Å². The summed E-state index contributed by atoms with van der Waals surface area (Å²) in [6.07, 6.45) is 59.7. The average Bonchev–Trinajstić information content (AvgIpc) is 3.24. The monoisotopic (exact) mass is 905 g/mol. The summed E-state index contributed by atoms with van der Waals surface area (Å²) in [5.74, 6) is -0.168. The summed E-state index contributed by atoms with van der Waals surface area (Å²) < 4.78 is 23.3. The highest BCUT2D eigenvalue weighted by Gasteiger charge is 2.24. The van der Waals surface area contributed by atoms with Crippen molar-refractivity contribution in [3.05, 3.63) is 60.8 Å². The van der Waals surface area contributed by atoms with Gasteiger partial charge in [-0.15, -0.1) is 0 Å². The number of hydrogen-bond acceptors (Lipinski definition) is 6. The van der Waals surface area contributed by atoms with Crippen LogP contribution in [0, 0.1) is 0 Å². The van der Waals surface area contributed by atoms with E-state index in [2.05, 4.69) is 79.9 Å². The van der Waals surface area contributed by atoms with Gasteiger partial charge in [0.05, 0.1) is 39.9 Å². The smallest absolute Gasteiger partial charge is 0.268 e. The molecule has 0 aliphatic carbocycles. The molecule has 0 saturated heterocycles. The van der Waals surface area contributed by atoms with E-state index in [1.165, 1.54) is 128 Å². The quantitative estimate of drug-likeness (QED) is 0.0273. The third kappa shape index (κ3) is 48.0. The Labute approximate surface area is 390 Å². The molecule has 1 amide bonds. The Kier molecular flexibility index (Phi) is 44.1. The number of unbranched alkanes of at least 4 members (excludes halogenated alkanes) is 24. The number of phosphoric ester groups is 1. The van der Waals surface area contributed by atoms with Crippen LogP contribution in [0.3, 0.4) is 0 Å². The van der Waals surface area contributed by atoms with E-state index in [1.807, 2.05) is 21.1 Å². The molecule has 0 spiro atoms. The van der Waals surface area contributed by atoms with Crippen LogP contribution in [-0.2, 0) is 18.4 Å². The van der Waals surface area contributed by atoms with Gasteiger partial charge in [0.1, 0.15) is 13.2 Å². The first-order chi connectivity index (χ1) is 30.5. The van der Waals surface area contributed by atoms with E-state index in [1.54, 1.807) is 0 Å². The fraction of sp³-hybridized carbons (Fsp3) is 0.796. The minimum absolute atomic E-state index is 0.0110. The zero-order chi connectivity index (χ0) is 46.4. The summed E-state index contributed by atoms with van der Waals surface area (Å²) >= 11 is 0. The predicted octanol–water partition coefficient (Wildman–Crippen LogP) is 14.7. The van der Waals surface area contributed by atoms with Crippen LogP contribution in [-0.4, -0.2) is 68.5 Å². The molecule has 0 bridgehead atoms. The maximum Gasteiger partial charge on any atom is 0.268 e. The largest absolute Gasteiger partial charge is 0.756 e. The number of nitrogens with zero attached hydrogens (tertiary/aromatic N) is 1. The summed E-state index contributed by atoms with van der Waals surface area (Å²) in [6.45, 7) is 4.59. The van der Waals surface area contributed by atoms with Gasteiger partial charge in [-0.3, -0.25) is 9.36 Å². The summed E-state index contributed by atoms with van der Waals surface area (Å²) in [4.78, 5) is 25.4. The number of aliphatic hydroxyl groups is 1. The van der Waals surface area contributed by atoms with Gasteiger partial charge in [0, 0.05) is 6.42 Å². The van der Waals surface area contributed by atoms with E-state index >= 15 is 0 Å². The van der Waals surface area contributed by atoms with Gasteiger partial charge in [-0.2, -0.15) is 0 Å². The average molecular weight is 905 g/mol. The summed E-state index contributed by atoms with van der Waals surface area (Å²) in [5, 5.41) is 13.9. The van der Waals surface area contributed by atoms with Gasteiger partial charge < -0.3 is 28.8 Å². The number of quaternary nitrogens is 1. The molecule has 9 heteroatoms. The second-order valence-electron chi connectivity index (χ2n) is 18.9. The van der Waals surface area contributed by atoms with Crippen molar-refractivity contribution in [3.8, 4) is 0 Å². The lowest BCUT2D eigenvalue weighted by molar-refractivity contribution is -0.870. The van der Waals surface area contributed by atoms with Crippen LogP contribution in [0.4, 0.5) is 0 Å².